The number of H-pyrrole nitrogens is 1. The Bertz CT molecular complexity index is 2140. The molecule has 1 aromatic heterocycles. The molecule has 2 heterocycles. The number of aromatic amines is 1. The number of alkyl halides is 3. The molecule has 0 saturated carbocycles. The van der Waals surface area contributed by atoms with Gasteiger partial charge in [0.25, 0.3) is 0 Å². The Morgan fingerprint density at radius 1 is 0.882 bits per heavy atom. The topological polar surface area (TPSA) is 380 Å². The number of aliphatic imine (C=N–C) groups is 1. The van der Waals surface area contributed by atoms with Crippen molar-refractivity contribution < 1.29 is 66.8 Å². The van der Waals surface area contributed by atoms with Crippen molar-refractivity contribution >= 4 is 53.3 Å². The number of phenolic OH excluding ortho intramolecular Hbond substituents is 1. The van der Waals surface area contributed by atoms with Gasteiger partial charge in [-0.1, -0.05) is 40.2 Å². The van der Waals surface area contributed by atoms with E-state index in [0.717, 1.165) is 17.0 Å². The van der Waals surface area contributed by atoms with Gasteiger partial charge in [0.1, 0.15) is 42.0 Å². The van der Waals surface area contributed by atoms with E-state index >= 15 is 0 Å². The quantitative estimate of drug-likeness (QED) is 0.0322. The van der Waals surface area contributed by atoms with Gasteiger partial charge in [0.15, 0.2) is 5.96 Å². The fourth-order valence-electron chi connectivity index (χ4n) is 7.29. The molecule has 1 aromatic carbocycles. The van der Waals surface area contributed by atoms with Crippen LogP contribution in [-0.2, 0) is 57.4 Å². The predicted molar refractivity (Wildman–Crippen MR) is 236 cm³/mol. The molecule has 0 aliphatic carbocycles. The number of guanidine groups is 1. The van der Waals surface area contributed by atoms with E-state index in [2.05, 4.69) is 41.5 Å². The first-order chi connectivity index (χ1) is 31.8. The van der Waals surface area contributed by atoms with Gasteiger partial charge in [-0.05, 0) is 55.2 Å². The largest absolute Gasteiger partial charge is 0.507 e. The summed E-state index contributed by atoms with van der Waals surface area (Å²) in [5, 5.41) is 41.4. The molecule has 68 heavy (non-hydrogen) atoms. The molecular formula is C42H61F3N12O11. The van der Waals surface area contributed by atoms with Crippen LogP contribution in [0.3, 0.4) is 0 Å². The molecule has 3 rings (SSSR count). The number of likely N-dealkylation sites (tertiary alicyclic amines) is 1. The summed E-state index contributed by atoms with van der Waals surface area (Å²) in [6.45, 7) is 6.39. The second kappa shape index (κ2) is 25.2. The van der Waals surface area contributed by atoms with Crippen LogP contribution in [0.15, 0.2) is 35.7 Å². The molecule has 0 bridgehead atoms. The second-order valence-corrected chi connectivity index (χ2v) is 16.8. The number of nitrogens with zero attached hydrogens (tertiary/aromatic N) is 3. The van der Waals surface area contributed by atoms with Crippen molar-refractivity contribution in [2.24, 2.45) is 34.0 Å². The Morgan fingerprint density at radius 2 is 1.50 bits per heavy atom. The van der Waals surface area contributed by atoms with Gasteiger partial charge in [-0.3, -0.25) is 38.6 Å². The number of nitrogens with one attached hydrogen (secondary N) is 6. The molecule has 0 radical (unpaired) electrons. The van der Waals surface area contributed by atoms with E-state index in [0.29, 0.717) is 18.2 Å². The van der Waals surface area contributed by atoms with Crippen LogP contribution in [0.25, 0.3) is 0 Å². The second-order valence-electron chi connectivity index (χ2n) is 16.8. The smallest absolute Gasteiger partial charge is 0.419 e. The van der Waals surface area contributed by atoms with Crippen LogP contribution in [-0.4, -0.2) is 139 Å². The number of carbonyl (C=O) groups excluding carboxylic acids is 6. The van der Waals surface area contributed by atoms with Crippen LogP contribution in [0, 0.1) is 11.8 Å². The molecule has 1 aliphatic rings. The highest BCUT2D eigenvalue weighted by Gasteiger charge is 2.41. The number of phenols is 1. The van der Waals surface area contributed by atoms with Gasteiger partial charge in [-0.25, -0.2) is 9.78 Å². The van der Waals surface area contributed by atoms with Crippen molar-refractivity contribution in [3.05, 3.63) is 47.5 Å². The number of benzene rings is 1. The van der Waals surface area contributed by atoms with E-state index in [1.54, 1.807) is 13.8 Å². The molecule has 2 aromatic rings. The zero-order valence-corrected chi connectivity index (χ0v) is 38.0. The number of hydrogen-bond acceptors (Lipinski definition) is 12. The molecule has 8 atom stereocenters. The lowest BCUT2D eigenvalue weighted by Gasteiger charge is -2.31. The Hall–Kier alpha value is -6.99. The lowest BCUT2D eigenvalue weighted by Crippen LogP contribution is -2.62. The Labute approximate surface area is 389 Å². The minimum atomic E-state index is -5.04. The Balaban J connectivity index is 2.00. The summed E-state index contributed by atoms with van der Waals surface area (Å²) in [5.74, 6) is -11.2. The summed E-state index contributed by atoms with van der Waals surface area (Å²) in [7, 11) is 0. The third kappa shape index (κ3) is 16.4. The van der Waals surface area contributed by atoms with Gasteiger partial charge in [-0.2, -0.15) is 13.2 Å². The highest BCUT2D eigenvalue weighted by molar-refractivity contribution is 5.97. The van der Waals surface area contributed by atoms with Gasteiger partial charge >= 0.3 is 18.1 Å². The molecule has 6 amide bonds. The minimum Gasteiger partial charge on any atom is -0.507 e. The number of carboxylic acid groups (broad SMARTS) is 2. The number of amides is 6. The zero-order valence-electron chi connectivity index (χ0n) is 38.0. The molecule has 1 fully saturated rings. The summed E-state index contributed by atoms with van der Waals surface area (Å²) in [4.78, 5) is 118. The molecule has 26 heteroatoms. The number of aromatic nitrogens is 2. The highest BCUT2D eigenvalue weighted by atomic mass is 19.4. The van der Waals surface area contributed by atoms with E-state index < -0.39 is 132 Å². The van der Waals surface area contributed by atoms with Crippen LogP contribution in [0.5, 0.6) is 5.75 Å². The number of nitrogens with two attached hydrogens (primary N) is 3. The van der Waals surface area contributed by atoms with Crippen LogP contribution in [0.2, 0.25) is 0 Å². The van der Waals surface area contributed by atoms with Crippen molar-refractivity contribution in [3.63, 3.8) is 0 Å². The van der Waals surface area contributed by atoms with E-state index in [1.165, 1.54) is 26.4 Å². The van der Waals surface area contributed by atoms with Crippen molar-refractivity contribution in [1.29, 1.82) is 0 Å². The zero-order chi connectivity index (χ0) is 51.0. The van der Waals surface area contributed by atoms with Crippen molar-refractivity contribution in [2.45, 2.75) is 128 Å². The number of aliphatic carboxylic acids is 2. The molecule has 0 spiro atoms. The summed E-state index contributed by atoms with van der Waals surface area (Å²) < 4.78 is 41.8. The summed E-state index contributed by atoms with van der Waals surface area (Å²) in [5.41, 5.74) is 15.2. The summed E-state index contributed by atoms with van der Waals surface area (Å²) in [6.07, 6.45) is -3.13. The van der Waals surface area contributed by atoms with Crippen LogP contribution < -0.4 is 43.8 Å². The van der Waals surface area contributed by atoms with E-state index in [4.69, 9.17) is 22.3 Å². The van der Waals surface area contributed by atoms with Crippen molar-refractivity contribution in [1.82, 2.24) is 41.5 Å². The number of halogens is 3. The average molecular weight is 967 g/mol. The van der Waals surface area contributed by atoms with Gasteiger partial charge in [-0.15, -0.1) is 0 Å². The van der Waals surface area contributed by atoms with Gasteiger partial charge < -0.3 is 69.0 Å². The maximum Gasteiger partial charge on any atom is 0.419 e. The van der Waals surface area contributed by atoms with Gasteiger partial charge in [0, 0.05) is 37.8 Å². The fourth-order valence-corrected chi connectivity index (χ4v) is 7.29. The maximum atomic E-state index is 14.4. The predicted octanol–water partition coefficient (Wildman–Crippen LogP) is -1.02. The molecule has 15 N–H and O–H groups in total. The molecule has 23 nitrogen and oxygen atoms in total. The molecular weight excluding hydrogens is 906 g/mol. The van der Waals surface area contributed by atoms with Gasteiger partial charge in [0.2, 0.25) is 35.4 Å². The summed E-state index contributed by atoms with van der Waals surface area (Å²) in [6, 6.07) is -7.85. The maximum absolute atomic E-state index is 14.4. The van der Waals surface area contributed by atoms with Crippen molar-refractivity contribution in [2.75, 3.05) is 13.1 Å². The standard InChI is InChI=1S/C42H61F3N12O11/c1-5-21(4)33(38(65)54-28(16-23-18-49-19-51-23)39(66)57-13-7-9-29(57)40(67)68)56-36(63)27(15-22-10-11-30(58)24(14-22)42(43,44)45)53-37(64)32(20(2)3)55-35(62)26(8-6-12-50-41(47)48)52-34(61)25(46)17-31(59)60/h10-11,14,18-21,25-29,32-33,58H,5-9,12-13,15-17,46H2,1-4H3,(H,49,51)(H,52,61)(H,53,64)(H,54,65)(H,55,62)(H,56,63)(H,59,60)(H,67,68)(H4,47,48,50)/t21-,25-,26-,27-,28-,29-,32-,33-/m0/s1. The third-order valence-electron chi connectivity index (χ3n) is 11.2. The molecule has 0 unspecified atom stereocenters. The molecule has 376 valence electrons. The number of imidazole rings is 1. The van der Waals surface area contributed by atoms with Crippen LogP contribution in [0.1, 0.15) is 83.0 Å². The number of hydrogen-bond donors (Lipinski definition) is 12. The Morgan fingerprint density at radius 3 is 2.07 bits per heavy atom. The van der Waals surface area contributed by atoms with E-state index in [9.17, 15) is 61.7 Å². The number of carboxylic acids is 2. The number of aromatic hydroxyl groups is 1. The fraction of sp³-hybridized carbons (Fsp3) is 0.571. The first kappa shape index (κ1) is 55.3. The molecule has 1 aliphatic heterocycles. The minimum absolute atomic E-state index is 0.00186. The average Bonchev–Trinajstić information content (AvgIpc) is 3.97. The Kier molecular flexibility index (Phi) is 20.5. The molecule has 1 saturated heterocycles. The summed E-state index contributed by atoms with van der Waals surface area (Å²) >= 11 is 0. The normalized spacial score (nSPS) is 16.8. The van der Waals surface area contributed by atoms with Crippen LogP contribution >= 0.6 is 0 Å². The van der Waals surface area contributed by atoms with Crippen molar-refractivity contribution in [3.8, 4) is 5.75 Å². The third-order valence-corrected chi connectivity index (χ3v) is 11.2. The number of carbonyl (C=O) groups is 8. The lowest BCUT2D eigenvalue weighted by atomic mass is 9.95. The van der Waals surface area contributed by atoms with E-state index in [-0.39, 0.29) is 56.7 Å². The monoisotopic (exact) mass is 966 g/mol. The van der Waals surface area contributed by atoms with Crippen LogP contribution in [0.4, 0.5) is 13.2 Å². The first-order valence-electron chi connectivity index (χ1n) is 21.8. The van der Waals surface area contributed by atoms with E-state index in [1.807, 2.05) is 0 Å². The number of rotatable bonds is 25. The highest BCUT2D eigenvalue weighted by Crippen LogP contribution is 2.36. The first-order valence-corrected chi connectivity index (χ1v) is 21.8. The van der Waals surface area contributed by atoms with Gasteiger partial charge in [0.05, 0.1) is 24.4 Å². The SMILES string of the molecule is CC[C@H](C)[C@H](NC(=O)[C@H](Cc1ccc(O)c(C(F)(F)F)c1)NC(=O)[C@@H](NC(=O)[C@H](CCCN=C(N)N)NC(=O)[C@@H](N)CC(=O)O)C(C)C)C(=O)N[C@@H](Cc1cnc[nH]1)C(=O)N1CCC[C@H]1C(=O)O. The lowest BCUT2D eigenvalue weighted by molar-refractivity contribution is -0.149.